The third-order valence-electron chi connectivity index (χ3n) is 4.31. The second-order valence-electron chi connectivity index (χ2n) is 6.52. The second kappa shape index (κ2) is 9.85. The van der Waals surface area contributed by atoms with Crippen LogP contribution in [-0.2, 0) is 10.0 Å². The van der Waals surface area contributed by atoms with Crippen LogP contribution < -0.4 is 15.4 Å². The second-order valence-corrected chi connectivity index (χ2v) is 8.36. The number of hydrogen-bond donors (Lipinski definition) is 3. The molecule has 0 aliphatic carbocycles. The molecule has 1 aromatic carbocycles. The molecule has 1 aliphatic heterocycles. The monoisotopic (exact) mass is 428 g/mol. The predicted molar refractivity (Wildman–Crippen MR) is 111 cm³/mol. The van der Waals surface area contributed by atoms with Crippen LogP contribution in [0.1, 0.15) is 42.7 Å². The summed E-state index contributed by atoms with van der Waals surface area (Å²) < 4.78 is 27.8. The predicted octanol–water partition coefficient (Wildman–Crippen LogP) is 2.03. The number of sulfonamides is 1. The molecule has 1 aromatic heterocycles. The molecule has 0 bridgehead atoms. The summed E-state index contributed by atoms with van der Waals surface area (Å²) in [6.45, 7) is 3.67. The van der Waals surface area contributed by atoms with E-state index in [1.165, 1.54) is 0 Å². The van der Waals surface area contributed by atoms with Crippen molar-refractivity contribution in [3.8, 4) is 0 Å². The van der Waals surface area contributed by atoms with E-state index in [0.29, 0.717) is 17.8 Å². The zero-order chi connectivity index (χ0) is 19.3. The van der Waals surface area contributed by atoms with Crippen LogP contribution in [0.2, 0.25) is 0 Å². The van der Waals surface area contributed by atoms with Crippen LogP contribution in [0.3, 0.4) is 0 Å². The van der Waals surface area contributed by atoms with Crippen molar-refractivity contribution >= 4 is 39.7 Å². The van der Waals surface area contributed by atoms with E-state index in [-0.39, 0.29) is 35.8 Å². The van der Waals surface area contributed by atoms with Gasteiger partial charge >= 0.3 is 0 Å². The van der Waals surface area contributed by atoms with Crippen LogP contribution in [0.5, 0.6) is 0 Å². The van der Waals surface area contributed by atoms with E-state index < -0.39 is 10.0 Å². The highest BCUT2D eigenvalue weighted by atomic mass is 35.5. The van der Waals surface area contributed by atoms with E-state index in [4.69, 9.17) is 0 Å². The molecule has 28 heavy (non-hydrogen) atoms. The fourth-order valence-corrected chi connectivity index (χ4v) is 4.08. The minimum Gasteiger partial charge on any atom is -0.321 e. The number of benzene rings is 1. The number of carbonyl (C=O) groups is 1. The van der Waals surface area contributed by atoms with Gasteiger partial charge in [-0.3, -0.25) is 9.52 Å². The fraction of sp³-hybridized carbons (Fsp3) is 0.471. The van der Waals surface area contributed by atoms with Gasteiger partial charge < -0.3 is 10.6 Å². The van der Waals surface area contributed by atoms with Gasteiger partial charge in [0.05, 0.1) is 18.0 Å². The molecule has 9 nitrogen and oxygen atoms in total. The highest BCUT2D eigenvalue weighted by molar-refractivity contribution is 7.92. The van der Waals surface area contributed by atoms with Gasteiger partial charge in [0.1, 0.15) is 0 Å². The quantitative estimate of drug-likeness (QED) is 0.621. The molecule has 0 saturated carbocycles. The number of amides is 1. The van der Waals surface area contributed by atoms with Crippen molar-refractivity contribution < 1.29 is 13.2 Å². The summed E-state index contributed by atoms with van der Waals surface area (Å²) in [5, 5.41) is 14.1. The van der Waals surface area contributed by atoms with Crippen LogP contribution in [0.25, 0.3) is 0 Å². The van der Waals surface area contributed by atoms with Gasteiger partial charge in [-0.05, 0) is 56.6 Å². The summed E-state index contributed by atoms with van der Waals surface area (Å²) in [5.41, 5.74) is 1.26. The van der Waals surface area contributed by atoms with E-state index in [2.05, 4.69) is 25.7 Å². The first-order chi connectivity index (χ1) is 13.0. The molecule has 1 amide bonds. The average Bonchev–Trinajstić information content (AvgIpc) is 3.14. The number of piperidine rings is 1. The Morgan fingerprint density at radius 2 is 1.86 bits per heavy atom. The lowest BCUT2D eigenvalue weighted by Gasteiger charge is -2.22. The van der Waals surface area contributed by atoms with Crippen molar-refractivity contribution in [2.75, 3.05) is 28.9 Å². The number of anilines is 2. The molecule has 0 spiro atoms. The Morgan fingerprint density at radius 3 is 2.50 bits per heavy atom. The maximum absolute atomic E-state index is 12.4. The summed E-state index contributed by atoms with van der Waals surface area (Å²) in [6, 6.07) is 6.75. The highest BCUT2D eigenvalue weighted by Crippen LogP contribution is 2.18. The Morgan fingerprint density at radius 1 is 1.21 bits per heavy atom. The number of aromatic nitrogens is 3. The third-order valence-corrected chi connectivity index (χ3v) is 5.81. The molecule has 154 valence electrons. The summed E-state index contributed by atoms with van der Waals surface area (Å²) in [6.07, 6.45) is 4.12. The van der Waals surface area contributed by atoms with Gasteiger partial charge in [-0.25, -0.2) is 13.1 Å². The third kappa shape index (κ3) is 5.91. The van der Waals surface area contributed by atoms with E-state index in [0.717, 1.165) is 25.9 Å². The molecule has 0 radical (unpaired) electrons. The first-order valence-electron chi connectivity index (χ1n) is 9.01. The van der Waals surface area contributed by atoms with Crippen molar-refractivity contribution in [3.05, 3.63) is 36.2 Å². The van der Waals surface area contributed by atoms with Crippen molar-refractivity contribution in [1.82, 2.24) is 20.3 Å². The van der Waals surface area contributed by atoms with Crippen LogP contribution >= 0.6 is 12.4 Å². The van der Waals surface area contributed by atoms with Crippen molar-refractivity contribution in [3.63, 3.8) is 0 Å². The average molecular weight is 429 g/mol. The summed E-state index contributed by atoms with van der Waals surface area (Å²) >= 11 is 0. The topological polar surface area (TPSA) is 118 Å². The van der Waals surface area contributed by atoms with Crippen LogP contribution in [0.15, 0.2) is 30.5 Å². The lowest BCUT2D eigenvalue weighted by atomic mass is 10.1. The summed E-state index contributed by atoms with van der Waals surface area (Å²) in [4.78, 5) is 12.4. The zero-order valence-corrected chi connectivity index (χ0v) is 17.2. The molecule has 2 aromatic rings. The minimum atomic E-state index is -3.33. The Kier molecular flexibility index (Phi) is 7.78. The minimum absolute atomic E-state index is 0. The Labute approximate surface area is 170 Å². The number of rotatable bonds is 7. The van der Waals surface area contributed by atoms with Crippen LogP contribution in [0, 0.1) is 0 Å². The van der Waals surface area contributed by atoms with E-state index in [1.54, 1.807) is 42.1 Å². The Bertz CT molecular complexity index is 879. The van der Waals surface area contributed by atoms with E-state index >= 15 is 0 Å². The molecular weight excluding hydrogens is 404 g/mol. The molecule has 11 heteroatoms. The van der Waals surface area contributed by atoms with Crippen molar-refractivity contribution in [1.29, 1.82) is 0 Å². The number of nitrogens with zero attached hydrogens (tertiary/aromatic N) is 3. The van der Waals surface area contributed by atoms with E-state index in [1.807, 2.05) is 0 Å². The van der Waals surface area contributed by atoms with Gasteiger partial charge in [-0.1, -0.05) is 12.1 Å². The maximum Gasteiger partial charge on any atom is 0.277 e. The van der Waals surface area contributed by atoms with Crippen LogP contribution in [0.4, 0.5) is 11.4 Å². The molecule has 3 rings (SSSR count). The summed E-state index contributed by atoms with van der Waals surface area (Å²) in [5.74, 6) is -0.285. The van der Waals surface area contributed by atoms with Crippen LogP contribution in [-0.4, -0.2) is 48.2 Å². The molecular formula is C17H25ClN6O3S. The Balaban J connectivity index is 0.00000280. The number of hydrogen-bond acceptors (Lipinski definition) is 6. The first kappa shape index (κ1) is 22.1. The van der Waals surface area contributed by atoms with Crippen molar-refractivity contribution in [2.45, 2.75) is 32.2 Å². The SMILES string of the molecule is CCCS(=O)(=O)Nc1ccc(NC(=O)c2cn(C3CCNCC3)nn2)cc1.Cl. The van der Waals surface area contributed by atoms with Gasteiger partial charge in [0.25, 0.3) is 5.91 Å². The maximum atomic E-state index is 12.4. The fourth-order valence-electron chi connectivity index (χ4n) is 2.95. The Hall–Kier alpha value is -2.17. The lowest BCUT2D eigenvalue weighted by Crippen LogP contribution is -2.29. The molecule has 2 heterocycles. The standard InChI is InChI=1S/C17H24N6O3S.ClH/c1-2-11-27(25,26)21-14-5-3-13(4-6-14)19-17(24)16-12-23(22-20-16)15-7-9-18-10-8-15;/h3-6,12,15,18,21H,2,7-11H2,1H3,(H,19,24);1H. The first-order valence-corrected chi connectivity index (χ1v) is 10.7. The molecule has 3 N–H and O–H groups in total. The summed E-state index contributed by atoms with van der Waals surface area (Å²) in [7, 11) is -3.33. The normalized spacial score (nSPS) is 14.9. The van der Waals surface area contributed by atoms with Gasteiger partial charge in [-0.2, -0.15) is 0 Å². The number of carbonyl (C=O) groups excluding carboxylic acids is 1. The number of nitrogens with one attached hydrogen (secondary N) is 3. The molecule has 0 atom stereocenters. The largest absolute Gasteiger partial charge is 0.321 e. The molecule has 0 unspecified atom stereocenters. The van der Waals surface area contributed by atoms with Gasteiger partial charge in [0.2, 0.25) is 10.0 Å². The molecule has 1 saturated heterocycles. The van der Waals surface area contributed by atoms with Crippen molar-refractivity contribution in [2.24, 2.45) is 0 Å². The molecule has 1 aliphatic rings. The van der Waals surface area contributed by atoms with E-state index in [9.17, 15) is 13.2 Å². The number of halogens is 1. The lowest BCUT2D eigenvalue weighted by molar-refractivity contribution is 0.102. The van der Waals surface area contributed by atoms with Gasteiger partial charge in [-0.15, -0.1) is 17.5 Å². The van der Waals surface area contributed by atoms with Gasteiger partial charge in [0.15, 0.2) is 5.69 Å². The molecule has 1 fully saturated rings. The smallest absolute Gasteiger partial charge is 0.277 e. The highest BCUT2D eigenvalue weighted by Gasteiger charge is 2.19. The van der Waals surface area contributed by atoms with Gasteiger partial charge in [0, 0.05) is 11.4 Å². The zero-order valence-electron chi connectivity index (χ0n) is 15.6.